The molecule has 0 amide bonds. The third-order valence-corrected chi connectivity index (χ3v) is 4.79. The fraction of sp³-hybridized carbons (Fsp3) is 0.0455. The summed E-state index contributed by atoms with van der Waals surface area (Å²) in [5.74, 6) is 1.31. The molecule has 1 heterocycles. The Bertz CT molecular complexity index is 1200. The number of ether oxygens (including phenoxy) is 1. The first-order valence-electron chi connectivity index (χ1n) is 8.94. The highest BCUT2D eigenvalue weighted by atomic mass is 35.5. The van der Waals surface area contributed by atoms with E-state index >= 15 is 0 Å². The Hall–Kier alpha value is -3.22. The molecule has 0 atom stereocenters. The molecule has 0 aliphatic carbocycles. The van der Waals surface area contributed by atoms with Gasteiger partial charge in [-0.1, -0.05) is 66.2 Å². The molecule has 0 bridgehead atoms. The minimum Gasteiger partial charge on any atom is -0.489 e. The van der Waals surface area contributed by atoms with Gasteiger partial charge in [0.2, 0.25) is 4.77 Å². The number of H-pyrrole nitrogens is 1. The molecule has 0 unspecified atom stereocenters. The number of nitrogens with zero attached hydrogens (tertiary/aromatic N) is 3. The van der Waals surface area contributed by atoms with Crippen LogP contribution in [0, 0.1) is 4.77 Å². The molecule has 5 nitrogen and oxygen atoms in total. The summed E-state index contributed by atoms with van der Waals surface area (Å²) in [5, 5.41) is 12.1. The second-order valence-corrected chi connectivity index (χ2v) is 7.03. The van der Waals surface area contributed by atoms with E-state index in [1.165, 1.54) is 0 Å². The predicted octanol–water partition coefficient (Wildman–Crippen LogP) is 5.72. The van der Waals surface area contributed by atoms with Gasteiger partial charge in [-0.3, -0.25) is 0 Å². The Kier molecular flexibility index (Phi) is 5.84. The maximum absolute atomic E-state index is 6.29. The van der Waals surface area contributed by atoms with Crippen molar-refractivity contribution in [1.29, 1.82) is 0 Å². The van der Waals surface area contributed by atoms with Crippen molar-refractivity contribution in [2.45, 2.75) is 6.61 Å². The van der Waals surface area contributed by atoms with Crippen LogP contribution in [-0.4, -0.2) is 21.1 Å². The highest BCUT2D eigenvalue weighted by molar-refractivity contribution is 7.71. The first-order valence-corrected chi connectivity index (χ1v) is 9.73. The van der Waals surface area contributed by atoms with Crippen LogP contribution >= 0.6 is 23.8 Å². The Morgan fingerprint density at radius 1 is 1.03 bits per heavy atom. The van der Waals surface area contributed by atoms with E-state index in [0.717, 1.165) is 22.4 Å². The molecule has 3 aromatic carbocycles. The molecule has 0 aliphatic rings. The average molecular weight is 421 g/mol. The molecule has 0 spiro atoms. The Balaban J connectivity index is 1.55. The molecule has 0 aliphatic heterocycles. The van der Waals surface area contributed by atoms with E-state index in [2.05, 4.69) is 15.3 Å². The number of aromatic amines is 1. The summed E-state index contributed by atoms with van der Waals surface area (Å²) in [5.41, 5.74) is 2.74. The molecule has 4 aromatic rings. The normalized spacial score (nSPS) is 11.1. The lowest BCUT2D eigenvalue weighted by atomic mass is 10.2. The molecule has 0 saturated carbocycles. The van der Waals surface area contributed by atoms with Gasteiger partial charge in [0, 0.05) is 5.56 Å². The Morgan fingerprint density at radius 2 is 1.83 bits per heavy atom. The van der Waals surface area contributed by atoms with Gasteiger partial charge in [0.1, 0.15) is 12.4 Å². The van der Waals surface area contributed by atoms with E-state index in [4.69, 9.17) is 28.6 Å². The number of rotatable bonds is 6. The Morgan fingerprint density at radius 3 is 2.66 bits per heavy atom. The molecule has 1 N–H and O–H groups in total. The van der Waals surface area contributed by atoms with Crippen molar-refractivity contribution in [1.82, 2.24) is 14.9 Å². The van der Waals surface area contributed by atoms with E-state index in [1.807, 2.05) is 72.8 Å². The zero-order valence-corrected chi connectivity index (χ0v) is 16.9. The summed E-state index contributed by atoms with van der Waals surface area (Å²) in [6.45, 7) is 0.505. The smallest absolute Gasteiger partial charge is 0.216 e. The molecular formula is C22H17ClN4OS. The molecule has 29 heavy (non-hydrogen) atoms. The lowest BCUT2D eigenvalue weighted by Gasteiger charge is -2.07. The van der Waals surface area contributed by atoms with Crippen molar-refractivity contribution in [3.63, 3.8) is 0 Å². The first kappa shape index (κ1) is 19.1. The van der Waals surface area contributed by atoms with Crippen molar-refractivity contribution in [3.8, 4) is 17.1 Å². The Labute approximate surface area is 178 Å². The van der Waals surface area contributed by atoms with Crippen LogP contribution in [-0.2, 0) is 6.61 Å². The molecule has 0 fully saturated rings. The third-order valence-electron chi connectivity index (χ3n) is 4.19. The van der Waals surface area contributed by atoms with E-state index in [0.29, 0.717) is 22.2 Å². The highest BCUT2D eigenvalue weighted by Gasteiger charge is 2.11. The fourth-order valence-corrected chi connectivity index (χ4v) is 3.17. The molecule has 0 radical (unpaired) electrons. The van der Waals surface area contributed by atoms with Crippen molar-refractivity contribution in [2.24, 2.45) is 5.10 Å². The summed E-state index contributed by atoms with van der Waals surface area (Å²) >= 11 is 11.6. The quantitative estimate of drug-likeness (QED) is 0.320. The van der Waals surface area contributed by atoms with Gasteiger partial charge in [-0.05, 0) is 47.6 Å². The predicted molar refractivity (Wildman–Crippen MR) is 118 cm³/mol. The molecule has 4 rings (SSSR count). The zero-order chi connectivity index (χ0) is 20.1. The van der Waals surface area contributed by atoms with Crippen LogP contribution in [0.15, 0.2) is 84.0 Å². The van der Waals surface area contributed by atoms with Crippen molar-refractivity contribution in [2.75, 3.05) is 0 Å². The number of hydrogen-bond acceptors (Lipinski definition) is 4. The van der Waals surface area contributed by atoms with Gasteiger partial charge in [0.25, 0.3) is 0 Å². The van der Waals surface area contributed by atoms with E-state index in [1.54, 1.807) is 17.0 Å². The largest absolute Gasteiger partial charge is 0.489 e. The number of nitrogens with one attached hydrogen (secondary N) is 1. The van der Waals surface area contributed by atoms with E-state index in [9.17, 15) is 0 Å². The first-order chi connectivity index (χ1) is 14.2. The van der Waals surface area contributed by atoms with Gasteiger partial charge in [-0.15, -0.1) is 0 Å². The summed E-state index contributed by atoms with van der Waals surface area (Å²) in [4.78, 5) is 0. The average Bonchev–Trinajstić information content (AvgIpc) is 3.12. The highest BCUT2D eigenvalue weighted by Crippen LogP contribution is 2.26. The van der Waals surface area contributed by atoms with Crippen LogP contribution in [0.2, 0.25) is 5.02 Å². The van der Waals surface area contributed by atoms with Crippen molar-refractivity contribution < 1.29 is 4.74 Å². The second kappa shape index (κ2) is 8.86. The SMILES string of the molecule is S=c1[nH]nc(-c2ccccc2Cl)n1N=Cc1cccc(OCc2ccccc2)c1. The summed E-state index contributed by atoms with van der Waals surface area (Å²) in [7, 11) is 0. The summed E-state index contributed by atoms with van der Waals surface area (Å²) < 4.78 is 7.81. The minimum absolute atomic E-state index is 0.382. The summed E-state index contributed by atoms with van der Waals surface area (Å²) in [6.07, 6.45) is 1.71. The van der Waals surface area contributed by atoms with Gasteiger partial charge in [0.15, 0.2) is 5.82 Å². The lowest BCUT2D eigenvalue weighted by molar-refractivity contribution is 0.306. The maximum Gasteiger partial charge on any atom is 0.216 e. The fourth-order valence-electron chi connectivity index (χ4n) is 2.77. The number of halogens is 1. The van der Waals surface area contributed by atoms with Crippen LogP contribution in [0.1, 0.15) is 11.1 Å². The van der Waals surface area contributed by atoms with Gasteiger partial charge < -0.3 is 4.74 Å². The van der Waals surface area contributed by atoms with Gasteiger partial charge in [0.05, 0.1) is 11.2 Å². The zero-order valence-electron chi connectivity index (χ0n) is 15.3. The van der Waals surface area contributed by atoms with E-state index in [-0.39, 0.29) is 0 Å². The van der Waals surface area contributed by atoms with Gasteiger partial charge >= 0.3 is 0 Å². The minimum atomic E-state index is 0.382. The maximum atomic E-state index is 6.29. The molecule has 7 heteroatoms. The molecular weight excluding hydrogens is 404 g/mol. The van der Waals surface area contributed by atoms with Crippen LogP contribution in [0.25, 0.3) is 11.4 Å². The van der Waals surface area contributed by atoms with E-state index < -0.39 is 0 Å². The van der Waals surface area contributed by atoms with Crippen LogP contribution < -0.4 is 4.74 Å². The standard InChI is InChI=1S/C22H17ClN4OS/c23-20-12-5-4-11-19(20)21-25-26-22(29)27(21)24-14-17-9-6-10-18(13-17)28-15-16-7-2-1-3-8-16/h1-14H,15H2,(H,26,29). The van der Waals surface area contributed by atoms with Gasteiger partial charge in [-0.25, -0.2) is 5.10 Å². The number of hydrogen-bond donors (Lipinski definition) is 1. The lowest BCUT2D eigenvalue weighted by Crippen LogP contribution is -1.97. The molecule has 1 aromatic heterocycles. The topological polar surface area (TPSA) is 55.2 Å². The van der Waals surface area contributed by atoms with Gasteiger partial charge in [-0.2, -0.15) is 14.9 Å². The third kappa shape index (κ3) is 4.62. The number of benzene rings is 3. The van der Waals surface area contributed by atoms with Crippen LogP contribution in [0.5, 0.6) is 5.75 Å². The molecule has 144 valence electrons. The van der Waals surface area contributed by atoms with Crippen molar-refractivity contribution >= 4 is 30.0 Å². The summed E-state index contributed by atoms with van der Waals surface area (Å²) in [6, 6.07) is 25.2. The monoisotopic (exact) mass is 420 g/mol. The van der Waals surface area contributed by atoms with Crippen LogP contribution in [0.4, 0.5) is 0 Å². The second-order valence-electron chi connectivity index (χ2n) is 6.24. The molecule has 0 saturated heterocycles. The van der Waals surface area contributed by atoms with Crippen LogP contribution in [0.3, 0.4) is 0 Å². The number of aromatic nitrogens is 3. The van der Waals surface area contributed by atoms with Crippen molar-refractivity contribution in [3.05, 3.63) is 99.8 Å².